The number of benzene rings is 2. The summed E-state index contributed by atoms with van der Waals surface area (Å²) in [5, 5.41) is 10.9. The summed E-state index contributed by atoms with van der Waals surface area (Å²) < 4.78 is 5.63. The number of aromatic nitrogens is 1. The van der Waals surface area contributed by atoms with Crippen LogP contribution in [0.5, 0.6) is 0 Å². The van der Waals surface area contributed by atoms with E-state index in [2.05, 4.69) is 4.98 Å². The average Bonchev–Trinajstić information content (AvgIpc) is 2.81. The molecule has 0 aliphatic carbocycles. The van der Waals surface area contributed by atoms with E-state index in [0.29, 0.717) is 22.6 Å². The van der Waals surface area contributed by atoms with Crippen molar-refractivity contribution in [3.8, 4) is 11.5 Å². The largest absolute Gasteiger partial charge is 0.436 e. The van der Waals surface area contributed by atoms with Crippen molar-refractivity contribution < 1.29 is 9.34 Å². The van der Waals surface area contributed by atoms with Gasteiger partial charge in [-0.2, -0.15) is 0 Å². The van der Waals surface area contributed by atoms with Crippen molar-refractivity contribution in [3.05, 3.63) is 52.1 Å². The van der Waals surface area contributed by atoms with Crippen LogP contribution in [0.1, 0.15) is 5.56 Å². The molecule has 0 radical (unpaired) electrons. The molecule has 0 atom stereocenters. The zero-order chi connectivity index (χ0) is 14.3. The third-order valence-electron chi connectivity index (χ3n) is 3.02. The maximum absolute atomic E-state index is 10.9. The van der Waals surface area contributed by atoms with Crippen molar-refractivity contribution in [2.24, 2.45) is 0 Å². The van der Waals surface area contributed by atoms with Crippen LogP contribution in [0.15, 0.2) is 40.8 Å². The number of nitrogens with zero attached hydrogens (tertiary/aromatic N) is 2. The lowest BCUT2D eigenvalue weighted by molar-refractivity contribution is -0.383. The molecule has 3 rings (SSSR count). The molecule has 0 amide bonds. The van der Waals surface area contributed by atoms with E-state index in [1.54, 1.807) is 6.07 Å². The van der Waals surface area contributed by atoms with Crippen LogP contribution in [-0.2, 0) is 0 Å². The van der Waals surface area contributed by atoms with Crippen molar-refractivity contribution in [2.45, 2.75) is 6.92 Å². The molecule has 0 unspecified atom stereocenters. The zero-order valence-corrected chi connectivity index (χ0v) is 10.7. The third-order valence-corrected chi connectivity index (χ3v) is 3.02. The van der Waals surface area contributed by atoms with Crippen LogP contribution in [0.2, 0.25) is 0 Å². The lowest BCUT2D eigenvalue weighted by Gasteiger charge is -1.99. The topological polar surface area (TPSA) is 95.2 Å². The van der Waals surface area contributed by atoms with Gasteiger partial charge in [-0.3, -0.25) is 10.1 Å². The molecule has 0 bridgehead atoms. The van der Waals surface area contributed by atoms with Gasteiger partial charge in [0.1, 0.15) is 11.2 Å². The summed E-state index contributed by atoms with van der Waals surface area (Å²) in [7, 11) is 0. The Morgan fingerprint density at radius 2 is 2.05 bits per heavy atom. The van der Waals surface area contributed by atoms with E-state index in [4.69, 9.17) is 10.2 Å². The summed E-state index contributed by atoms with van der Waals surface area (Å²) in [6, 6.07) is 10.2. The van der Waals surface area contributed by atoms with Crippen LogP contribution in [0.25, 0.3) is 22.6 Å². The quantitative estimate of drug-likeness (QED) is 0.437. The SMILES string of the molecule is Cc1ccc2nc(-c3ccc(N)c([N+](=O)[O-])c3)oc2c1. The van der Waals surface area contributed by atoms with Gasteiger partial charge in [-0.1, -0.05) is 6.07 Å². The van der Waals surface area contributed by atoms with Crippen LogP contribution in [0.4, 0.5) is 11.4 Å². The molecule has 0 saturated heterocycles. The van der Waals surface area contributed by atoms with Crippen LogP contribution in [-0.4, -0.2) is 9.91 Å². The molecule has 2 aromatic carbocycles. The summed E-state index contributed by atoms with van der Waals surface area (Å²) in [5.41, 5.74) is 8.49. The molecule has 1 aromatic heterocycles. The minimum absolute atomic E-state index is 0.116. The van der Waals surface area contributed by atoms with E-state index in [-0.39, 0.29) is 11.4 Å². The fourth-order valence-electron chi connectivity index (χ4n) is 1.99. The second-order valence-corrected chi connectivity index (χ2v) is 4.52. The number of nitrogen functional groups attached to an aromatic ring is 1. The normalized spacial score (nSPS) is 10.8. The maximum atomic E-state index is 10.9. The number of nitro groups is 1. The number of rotatable bonds is 2. The minimum Gasteiger partial charge on any atom is -0.436 e. The Labute approximate surface area is 114 Å². The van der Waals surface area contributed by atoms with Gasteiger partial charge in [0.25, 0.3) is 5.69 Å². The van der Waals surface area contributed by atoms with Gasteiger partial charge in [-0.15, -0.1) is 0 Å². The summed E-state index contributed by atoms with van der Waals surface area (Å²) in [6.07, 6.45) is 0. The Kier molecular flexibility index (Phi) is 2.64. The van der Waals surface area contributed by atoms with Crippen LogP contribution in [0, 0.1) is 17.0 Å². The second-order valence-electron chi connectivity index (χ2n) is 4.52. The van der Waals surface area contributed by atoms with Gasteiger partial charge >= 0.3 is 0 Å². The third kappa shape index (κ3) is 1.97. The highest BCUT2D eigenvalue weighted by Gasteiger charge is 2.15. The van der Waals surface area contributed by atoms with Gasteiger partial charge in [-0.05, 0) is 36.8 Å². The van der Waals surface area contributed by atoms with E-state index < -0.39 is 4.92 Å². The molecule has 2 N–H and O–H groups in total. The Hall–Kier alpha value is -2.89. The first kappa shape index (κ1) is 12.2. The molecule has 0 saturated carbocycles. The number of anilines is 1. The van der Waals surface area contributed by atoms with Crippen molar-refractivity contribution in [1.82, 2.24) is 4.98 Å². The van der Waals surface area contributed by atoms with Crippen molar-refractivity contribution in [1.29, 1.82) is 0 Å². The first-order chi connectivity index (χ1) is 9.54. The minimum atomic E-state index is -0.522. The first-order valence-electron chi connectivity index (χ1n) is 5.96. The highest BCUT2D eigenvalue weighted by molar-refractivity contribution is 5.78. The number of nitrogens with two attached hydrogens (primary N) is 1. The molecular weight excluding hydrogens is 258 g/mol. The number of aryl methyl sites for hydroxylation is 1. The molecule has 0 fully saturated rings. The predicted octanol–water partition coefficient (Wildman–Crippen LogP) is 3.29. The van der Waals surface area contributed by atoms with Crippen LogP contribution < -0.4 is 5.73 Å². The van der Waals surface area contributed by atoms with Gasteiger partial charge in [0.2, 0.25) is 5.89 Å². The van der Waals surface area contributed by atoms with Gasteiger partial charge in [-0.25, -0.2) is 4.98 Å². The molecule has 0 aliphatic heterocycles. The average molecular weight is 269 g/mol. The molecule has 6 heteroatoms. The molecular formula is C14H11N3O3. The van der Waals surface area contributed by atoms with Crippen molar-refractivity contribution in [2.75, 3.05) is 5.73 Å². The van der Waals surface area contributed by atoms with Crippen LogP contribution in [0.3, 0.4) is 0 Å². The summed E-state index contributed by atoms with van der Waals surface area (Å²) in [4.78, 5) is 14.7. The molecule has 3 aromatic rings. The molecule has 0 spiro atoms. The van der Waals surface area contributed by atoms with Gasteiger partial charge < -0.3 is 10.2 Å². The van der Waals surface area contributed by atoms with Gasteiger partial charge in [0, 0.05) is 11.6 Å². The summed E-state index contributed by atoms with van der Waals surface area (Å²) in [6.45, 7) is 1.95. The van der Waals surface area contributed by atoms with E-state index >= 15 is 0 Å². The molecule has 1 heterocycles. The number of oxazole rings is 1. The number of hydrogen-bond acceptors (Lipinski definition) is 5. The predicted molar refractivity (Wildman–Crippen MR) is 75.2 cm³/mol. The van der Waals surface area contributed by atoms with E-state index in [1.165, 1.54) is 12.1 Å². The smallest absolute Gasteiger partial charge is 0.292 e. The highest BCUT2D eigenvalue weighted by atomic mass is 16.6. The summed E-state index contributed by atoms with van der Waals surface area (Å²) in [5.74, 6) is 0.341. The molecule has 20 heavy (non-hydrogen) atoms. The number of nitro benzene ring substituents is 1. The maximum Gasteiger partial charge on any atom is 0.292 e. The summed E-state index contributed by atoms with van der Waals surface area (Å²) >= 11 is 0. The van der Waals surface area contributed by atoms with E-state index in [9.17, 15) is 10.1 Å². The Bertz CT molecular complexity index is 824. The van der Waals surface area contributed by atoms with Gasteiger partial charge in [0.05, 0.1) is 4.92 Å². The zero-order valence-electron chi connectivity index (χ0n) is 10.7. The molecule has 6 nitrogen and oxygen atoms in total. The number of fused-ring (bicyclic) bond motifs is 1. The lowest BCUT2D eigenvalue weighted by Crippen LogP contribution is -1.95. The van der Waals surface area contributed by atoms with Crippen LogP contribution >= 0.6 is 0 Å². The van der Waals surface area contributed by atoms with Gasteiger partial charge in [0.15, 0.2) is 5.58 Å². The van der Waals surface area contributed by atoms with E-state index in [0.717, 1.165) is 5.56 Å². The highest BCUT2D eigenvalue weighted by Crippen LogP contribution is 2.30. The monoisotopic (exact) mass is 269 g/mol. The Morgan fingerprint density at radius 3 is 2.80 bits per heavy atom. The molecule has 100 valence electrons. The van der Waals surface area contributed by atoms with Crippen molar-refractivity contribution in [3.63, 3.8) is 0 Å². The number of hydrogen-bond donors (Lipinski definition) is 1. The second kappa shape index (κ2) is 4.34. The van der Waals surface area contributed by atoms with Crippen molar-refractivity contribution >= 4 is 22.5 Å². The fourth-order valence-corrected chi connectivity index (χ4v) is 1.99. The molecule has 0 aliphatic rings. The standard InChI is InChI=1S/C14H11N3O3/c1-8-2-5-11-13(6-8)20-14(16-11)9-3-4-10(15)12(7-9)17(18)19/h2-7H,15H2,1H3. The van der Waals surface area contributed by atoms with E-state index in [1.807, 2.05) is 25.1 Å². The Morgan fingerprint density at radius 1 is 1.25 bits per heavy atom. The lowest BCUT2D eigenvalue weighted by atomic mass is 10.2. The first-order valence-corrected chi connectivity index (χ1v) is 5.96. The fraction of sp³-hybridized carbons (Fsp3) is 0.0714. The Balaban J connectivity index is 2.15.